The lowest BCUT2D eigenvalue weighted by molar-refractivity contribution is -0.129. The molecule has 2 aliphatic heterocycles. The van der Waals surface area contributed by atoms with E-state index in [-0.39, 0.29) is 35.7 Å². The Morgan fingerprint density at radius 3 is 2.47 bits per heavy atom. The number of carbonyl (C=O) groups is 4. The molecule has 0 bridgehead atoms. The van der Waals surface area contributed by atoms with Gasteiger partial charge in [0.2, 0.25) is 6.79 Å². The molecule has 1 unspecified atom stereocenters. The molecule has 1 atom stereocenters. The minimum absolute atomic E-state index is 0.00581. The fourth-order valence-corrected chi connectivity index (χ4v) is 3.86. The lowest BCUT2D eigenvalue weighted by atomic mass is 10.1. The highest BCUT2D eigenvalue weighted by Crippen LogP contribution is 2.32. The van der Waals surface area contributed by atoms with Gasteiger partial charge in [-0.2, -0.15) is 0 Å². The molecule has 10 heteroatoms. The summed E-state index contributed by atoms with van der Waals surface area (Å²) in [6.45, 7) is 1.75. The van der Waals surface area contributed by atoms with E-state index in [4.69, 9.17) is 14.2 Å². The second-order valence-corrected chi connectivity index (χ2v) is 8.14. The molecule has 2 aliphatic rings. The van der Waals surface area contributed by atoms with Crippen LogP contribution in [0.2, 0.25) is 0 Å². The van der Waals surface area contributed by atoms with E-state index in [2.05, 4.69) is 5.32 Å². The molecule has 1 N–H and O–H groups in total. The third-order valence-corrected chi connectivity index (χ3v) is 5.76. The first-order valence-corrected chi connectivity index (χ1v) is 11.0. The number of nitrogens with zero attached hydrogens (tertiary/aromatic N) is 1. The van der Waals surface area contributed by atoms with Crippen molar-refractivity contribution in [2.75, 3.05) is 11.7 Å². The fraction of sp³-hybridized carbons (Fsp3) is 0.154. The van der Waals surface area contributed by atoms with Crippen LogP contribution in [0.15, 0.2) is 60.7 Å². The summed E-state index contributed by atoms with van der Waals surface area (Å²) >= 11 is 0. The van der Waals surface area contributed by atoms with E-state index in [1.165, 1.54) is 37.3 Å². The first kappa shape index (κ1) is 23.0. The van der Waals surface area contributed by atoms with Crippen molar-refractivity contribution in [1.29, 1.82) is 0 Å². The Hall–Kier alpha value is -4.73. The van der Waals surface area contributed by atoms with E-state index in [0.717, 1.165) is 22.6 Å². The summed E-state index contributed by atoms with van der Waals surface area (Å²) in [6, 6.07) is 14.1. The summed E-state index contributed by atoms with van der Waals surface area (Å²) in [6.07, 6.45) is -1.12. The largest absolute Gasteiger partial charge is 0.454 e. The molecule has 3 amide bonds. The van der Waals surface area contributed by atoms with Crippen LogP contribution in [0.4, 0.5) is 10.1 Å². The van der Waals surface area contributed by atoms with Crippen molar-refractivity contribution in [2.45, 2.75) is 19.6 Å². The van der Waals surface area contributed by atoms with Gasteiger partial charge in [0, 0.05) is 6.54 Å². The minimum atomic E-state index is -1.12. The highest BCUT2D eigenvalue weighted by molar-refractivity contribution is 6.34. The molecule has 0 saturated carbocycles. The van der Waals surface area contributed by atoms with Crippen LogP contribution in [-0.4, -0.2) is 36.6 Å². The first-order chi connectivity index (χ1) is 17.3. The third kappa shape index (κ3) is 4.24. The maximum Gasteiger partial charge on any atom is 0.338 e. The number of ether oxygens (including phenoxy) is 3. The number of rotatable bonds is 6. The molecule has 182 valence electrons. The standard InChI is InChI=1S/C26H19FN2O7/c1-14(23(30)28-12-15-2-9-21-22(10-15)35-13-34-21)36-26(33)16-3-8-19-20(11-16)25(32)29(24(19)31)18-6-4-17(27)5-7-18/h2-11,14H,12-13H2,1H3,(H,28,30). The van der Waals surface area contributed by atoms with Crippen LogP contribution >= 0.6 is 0 Å². The normalized spacial score (nSPS) is 14.4. The van der Waals surface area contributed by atoms with E-state index in [1.807, 2.05) is 0 Å². The quantitative estimate of drug-likeness (QED) is 0.417. The number of amides is 3. The second kappa shape index (κ2) is 9.14. The number of carbonyl (C=O) groups excluding carboxylic acids is 4. The highest BCUT2D eigenvalue weighted by atomic mass is 19.1. The molecule has 0 aliphatic carbocycles. The van der Waals surface area contributed by atoms with Crippen LogP contribution in [0.5, 0.6) is 11.5 Å². The molecule has 9 nitrogen and oxygen atoms in total. The van der Waals surface area contributed by atoms with Crippen molar-refractivity contribution in [3.63, 3.8) is 0 Å². The Bertz CT molecular complexity index is 1400. The van der Waals surface area contributed by atoms with E-state index >= 15 is 0 Å². The lowest BCUT2D eigenvalue weighted by Gasteiger charge is -2.14. The molecule has 3 aromatic carbocycles. The van der Waals surface area contributed by atoms with Crippen LogP contribution in [-0.2, 0) is 16.1 Å². The Morgan fingerprint density at radius 1 is 0.972 bits per heavy atom. The zero-order valence-electron chi connectivity index (χ0n) is 18.9. The molecular weight excluding hydrogens is 471 g/mol. The number of esters is 1. The van der Waals surface area contributed by atoms with Gasteiger partial charge in [-0.1, -0.05) is 6.07 Å². The zero-order chi connectivity index (χ0) is 25.4. The summed E-state index contributed by atoms with van der Waals surface area (Å²) in [5.74, 6) is -1.87. The number of benzene rings is 3. The minimum Gasteiger partial charge on any atom is -0.454 e. The number of hydrogen-bond donors (Lipinski definition) is 1. The van der Waals surface area contributed by atoms with Gasteiger partial charge >= 0.3 is 5.97 Å². The molecular formula is C26H19FN2O7. The van der Waals surface area contributed by atoms with E-state index in [0.29, 0.717) is 11.5 Å². The zero-order valence-corrected chi connectivity index (χ0v) is 18.9. The maximum absolute atomic E-state index is 13.2. The SMILES string of the molecule is CC(OC(=O)c1ccc2c(c1)C(=O)N(c1ccc(F)cc1)C2=O)C(=O)NCc1ccc2c(c1)OCO2. The molecule has 0 fully saturated rings. The van der Waals surface area contributed by atoms with Crippen LogP contribution in [0.1, 0.15) is 43.6 Å². The summed E-state index contributed by atoms with van der Waals surface area (Å²) in [7, 11) is 0. The van der Waals surface area contributed by atoms with Crippen molar-refractivity contribution in [3.8, 4) is 11.5 Å². The van der Waals surface area contributed by atoms with Gasteiger partial charge < -0.3 is 19.5 Å². The average molecular weight is 490 g/mol. The van der Waals surface area contributed by atoms with Gasteiger partial charge in [-0.3, -0.25) is 14.4 Å². The van der Waals surface area contributed by atoms with Crippen molar-refractivity contribution in [2.24, 2.45) is 0 Å². The molecule has 3 aromatic rings. The summed E-state index contributed by atoms with van der Waals surface area (Å²) in [5, 5.41) is 2.68. The fourth-order valence-electron chi connectivity index (χ4n) is 3.86. The van der Waals surface area contributed by atoms with E-state index < -0.39 is 35.6 Å². The number of nitrogens with one attached hydrogen (secondary N) is 1. The van der Waals surface area contributed by atoms with Crippen molar-refractivity contribution >= 4 is 29.4 Å². The second-order valence-electron chi connectivity index (χ2n) is 8.14. The third-order valence-electron chi connectivity index (χ3n) is 5.76. The molecule has 0 saturated heterocycles. The number of fused-ring (bicyclic) bond motifs is 2. The molecule has 0 spiro atoms. The summed E-state index contributed by atoms with van der Waals surface area (Å²) in [5.41, 5.74) is 1.11. The predicted octanol–water partition coefficient (Wildman–Crippen LogP) is 3.22. The summed E-state index contributed by atoms with van der Waals surface area (Å²) in [4.78, 5) is 51.6. The van der Waals surface area contributed by atoms with E-state index in [9.17, 15) is 23.6 Å². The number of imide groups is 1. The van der Waals surface area contributed by atoms with Gasteiger partial charge in [0.25, 0.3) is 17.7 Å². The average Bonchev–Trinajstić information content (AvgIpc) is 3.44. The smallest absolute Gasteiger partial charge is 0.338 e. The van der Waals surface area contributed by atoms with Gasteiger partial charge in [-0.25, -0.2) is 14.1 Å². The maximum atomic E-state index is 13.2. The Labute approximate surface area is 204 Å². The van der Waals surface area contributed by atoms with Gasteiger partial charge in [0.05, 0.1) is 22.4 Å². The van der Waals surface area contributed by atoms with Gasteiger partial charge in [-0.05, 0) is 67.1 Å². The van der Waals surface area contributed by atoms with Gasteiger partial charge in [-0.15, -0.1) is 0 Å². The molecule has 2 heterocycles. The number of halogens is 1. The lowest BCUT2D eigenvalue weighted by Crippen LogP contribution is -2.35. The van der Waals surface area contributed by atoms with E-state index in [1.54, 1.807) is 18.2 Å². The Kier molecular flexibility index (Phi) is 5.85. The van der Waals surface area contributed by atoms with Crippen molar-refractivity contribution in [3.05, 3.63) is 88.7 Å². The topological polar surface area (TPSA) is 111 Å². The van der Waals surface area contributed by atoms with Crippen molar-refractivity contribution in [1.82, 2.24) is 5.32 Å². The summed E-state index contributed by atoms with van der Waals surface area (Å²) < 4.78 is 29.1. The number of hydrogen-bond acceptors (Lipinski definition) is 7. The molecule has 0 radical (unpaired) electrons. The number of anilines is 1. The van der Waals surface area contributed by atoms with Gasteiger partial charge in [0.1, 0.15) is 5.82 Å². The predicted molar refractivity (Wildman–Crippen MR) is 123 cm³/mol. The molecule has 36 heavy (non-hydrogen) atoms. The van der Waals surface area contributed by atoms with Crippen LogP contribution < -0.4 is 19.7 Å². The Morgan fingerprint density at radius 2 is 1.69 bits per heavy atom. The van der Waals surface area contributed by atoms with Gasteiger partial charge in [0.15, 0.2) is 17.6 Å². The monoisotopic (exact) mass is 490 g/mol. The Balaban J connectivity index is 1.23. The van der Waals surface area contributed by atoms with Crippen molar-refractivity contribution < 1.29 is 37.8 Å². The van der Waals surface area contributed by atoms with Crippen LogP contribution in [0.25, 0.3) is 0 Å². The first-order valence-electron chi connectivity index (χ1n) is 11.0. The molecule has 5 rings (SSSR count). The van der Waals surface area contributed by atoms with Crippen LogP contribution in [0, 0.1) is 5.82 Å². The van der Waals surface area contributed by atoms with Crippen LogP contribution in [0.3, 0.4) is 0 Å². The highest BCUT2D eigenvalue weighted by Gasteiger charge is 2.37. The molecule has 0 aromatic heterocycles.